The lowest BCUT2D eigenvalue weighted by Crippen LogP contribution is -2.30. The van der Waals surface area contributed by atoms with Crippen LogP contribution < -0.4 is 10.2 Å². The summed E-state index contributed by atoms with van der Waals surface area (Å²) in [5.41, 5.74) is 4.34. The number of nitrogens with one attached hydrogen (secondary N) is 1. The molecule has 3 N–H and O–H groups in total. The minimum absolute atomic E-state index is 0.104. The summed E-state index contributed by atoms with van der Waals surface area (Å²) in [6.07, 6.45) is 0. The lowest BCUT2D eigenvalue weighted by atomic mass is 10.1. The van der Waals surface area contributed by atoms with Crippen molar-refractivity contribution in [2.45, 2.75) is 6.54 Å². The fraction of sp³-hybridized carbons (Fsp3) is 0.0357. The molecule has 5 heteroatoms. The molecule has 0 saturated carbocycles. The summed E-state index contributed by atoms with van der Waals surface area (Å²) in [5, 5.41) is 23.1. The molecule has 0 unspecified atom stereocenters. The Labute approximate surface area is 192 Å². The molecule has 0 heterocycles. The fourth-order valence-corrected chi connectivity index (χ4v) is 3.50. The van der Waals surface area contributed by atoms with Gasteiger partial charge in [-0.25, -0.2) is 0 Å². The third-order valence-corrected chi connectivity index (χ3v) is 5.24. The second-order valence-electron chi connectivity index (χ2n) is 7.59. The van der Waals surface area contributed by atoms with Gasteiger partial charge < -0.3 is 20.4 Å². The largest absolute Gasteiger partial charge is 0.508 e. The fourth-order valence-electron chi connectivity index (χ4n) is 3.50. The lowest BCUT2D eigenvalue weighted by molar-refractivity contribution is 0.0982. The van der Waals surface area contributed by atoms with Gasteiger partial charge in [0.05, 0.1) is 12.1 Å². The number of aromatic hydroxyl groups is 2. The van der Waals surface area contributed by atoms with Gasteiger partial charge in [-0.1, -0.05) is 67.2 Å². The Morgan fingerprint density at radius 1 is 0.818 bits per heavy atom. The number of nitrogens with zero attached hydrogens (tertiary/aromatic N) is 1. The maximum Gasteiger partial charge on any atom is 0.262 e. The van der Waals surface area contributed by atoms with E-state index in [0.717, 1.165) is 28.6 Å². The molecule has 33 heavy (non-hydrogen) atoms. The predicted octanol–water partition coefficient (Wildman–Crippen LogP) is 6.03. The van der Waals surface area contributed by atoms with Crippen molar-refractivity contribution in [3.05, 3.63) is 126 Å². The second-order valence-corrected chi connectivity index (χ2v) is 7.59. The SMILES string of the molecule is C=C(Nc1ccc(N(Cc2ccccc2)C(=O)c2ccc(O)cc2O)cc1)c1ccccc1. The van der Waals surface area contributed by atoms with E-state index in [0.29, 0.717) is 12.2 Å². The van der Waals surface area contributed by atoms with Crippen molar-refractivity contribution in [2.24, 2.45) is 0 Å². The minimum atomic E-state index is -0.370. The van der Waals surface area contributed by atoms with Gasteiger partial charge in [-0.05, 0) is 47.5 Å². The Kier molecular flexibility index (Phi) is 6.41. The summed E-state index contributed by atoms with van der Waals surface area (Å²) in [7, 11) is 0. The molecule has 1 amide bonds. The highest BCUT2D eigenvalue weighted by atomic mass is 16.3. The average Bonchev–Trinajstić information content (AvgIpc) is 2.84. The number of benzene rings is 4. The zero-order chi connectivity index (χ0) is 23.2. The first-order valence-electron chi connectivity index (χ1n) is 10.5. The number of hydrogen-bond donors (Lipinski definition) is 3. The number of carbonyl (C=O) groups excluding carboxylic acids is 1. The summed E-state index contributed by atoms with van der Waals surface area (Å²) in [5.74, 6) is -0.742. The zero-order valence-electron chi connectivity index (χ0n) is 18.0. The Morgan fingerprint density at radius 2 is 1.45 bits per heavy atom. The molecule has 0 saturated heterocycles. The standard InChI is InChI=1S/C28H24N2O3/c1-20(22-10-6-3-7-11-22)29-23-12-14-24(15-13-23)30(19-21-8-4-2-5-9-21)28(33)26-17-16-25(31)18-27(26)32/h2-18,29,31-32H,1,19H2. The van der Waals surface area contributed by atoms with Crippen molar-refractivity contribution >= 4 is 23.0 Å². The molecule has 0 atom stereocenters. The van der Waals surface area contributed by atoms with Crippen LogP contribution in [0.15, 0.2) is 110 Å². The molecule has 4 aromatic carbocycles. The summed E-state index contributed by atoms with van der Waals surface area (Å²) in [6, 6.07) is 30.9. The number of phenolic OH excluding ortho intramolecular Hbond substituents is 2. The van der Waals surface area contributed by atoms with Crippen LogP contribution in [-0.4, -0.2) is 16.1 Å². The van der Waals surface area contributed by atoms with Gasteiger partial charge in [0.2, 0.25) is 0 Å². The van der Waals surface area contributed by atoms with Crippen LogP contribution in [0.2, 0.25) is 0 Å². The number of anilines is 2. The van der Waals surface area contributed by atoms with E-state index in [-0.39, 0.29) is 23.0 Å². The number of rotatable bonds is 7. The summed E-state index contributed by atoms with van der Waals surface area (Å²) >= 11 is 0. The smallest absolute Gasteiger partial charge is 0.262 e. The third-order valence-electron chi connectivity index (χ3n) is 5.24. The number of hydrogen-bond acceptors (Lipinski definition) is 4. The molecule has 0 bridgehead atoms. The van der Waals surface area contributed by atoms with Crippen molar-refractivity contribution in [1.29, 1.82) is 0 Å². The first-order valence-corrected chi connectivity index (χ1v) is 10.5. The lowest BCUT2D eigenvalue weighted by Gasteiger charge is -2.24. The highest BCUT2D eigenvalue weighted by Crippen LogP contribution is 2.28. The molecule has 5 nitrogen and oxygen atoms in total. The Hall–Kier alpha value is -4.51. The monoisotopic (exact) mass is 436 g/mol. The average molecular weight is 437 g/mol. The van der Waals surface area contributed by atoms with Crippen LogP contribution in [-0.2, 0) is 6.54 Å². The van der Waals surface area contributed by atoms with Crippen molar-refractivity contribution in [3.8, 4) is 11.5 Å². The molecule has 0 aliphatic rings. The molecule has 4 aromatic rings. The van der Waals surface area contributed by atoms with Gasteiger partial charge in [-0.2, -0.15) is 0 Å². The Morgan fingerprint density at radius 3 is 2.09 bits per heavy atom. The number of amides is 1. The van der Waals surface area contributed by atoms with Crippen molar-refractivity contribution < 1.29 is 15.0 Å². The van der Waals surface area contributed by atoms with Gasteiger partial charge in [0.1, 0.15) is 11.5 Å². The van der Waals surface area contributed by atoms with Crippen LogP contribution in [0, 0.1) is 0 Å². The van der Waals surface area contributed by atoms with Gasteiger partial charge in [0.25, 0.3) is 5.91 Å². The van der Waals surface area contributed by atoms with E-state index in [1.807, 2.05) is 84.9 Å². The highest BCUT2D eigenvalue weighted by molar-refractivity contribution is 6.08. The van der Waals surface area contributed by atoms with Crippen LogP contribution in [0.25, 0.3) is 5.70 Å². The molecule has 0 aliphatic heterocycles. The second kappa shape index (κ2) is 9.75. The van der Waals surface area contributed by atoms with Gasteiger partial charge in [0, 0.05) is 23.1 Å². The summed E-state index contributed by atoms with van der Waals surface area (Å²) < 4.78 is 0. The first-order chi connectivity index (χ1) is 16.0. The van der Waals surface area contributed by atoms with Crippen molar-refractivity contribution in [1.82, 2.24) is 0 Å². The highest BCUT2D eigenvalue weighted by Gasteiger charge is 2.21. The molecular weight excluding hydrogens is 412 g/mol. The predicted molar refractivity (Wildman–Crippen MR) is 132 cm³/mol. The third kappa shape index (κ3) is 5.22. The van der Waals surface area contributed by atoms with E-state index in [4.69, 9.17) is 0 Å². The van der Waals surface area contributed by atoms with Crippen LogP contribution in [0.1, 0.15) is 21.5 Å². The minimum Gasteiger partial charge on any atom is -0.508 e. The van der Waals surface area contributed by atoms with Crippen LogP contribution in [0.3, 0.4) is 0 Å². The normalized spacial score (nSPS) is 10.4. The summed E-state index contributed by atoms with van der Waals surface area (Å²) in [6.45, 7) is 4.42. The first kappa shape index (κ1) is 21.7. The molecule has 0 fully saturated rings. The van der Waals surface area contributed by atoms with Gasteiger partial charge in [-0.3, -0.25) is 4.79 Å². The van der Waals surface area contributed by atoms with Crippen molar-refractivity contribution in [2.75, 3.05) is 10.2 Å². The van der Waals surface area contributed by atoms with Crippen LogP contribution >= 0.6 is 0 Å². The maximum absolute atomic E-state index is 13.4. The van der Waals surface area contributed by atoms with E-state index in [1.54, 1.807) is 4.90 Å². The number of phenols is 2. The van der Waals surface area contributed by atoms with Gasteiger partial charge in [0.15, 0.2) is 0 Å². The van der Waals surface area contributed by atoms with E-state index in [1.165, 1.54) is 12.1 Å². The molecule has 4 rings (SSSR count). The van der Waals surface area contributed by atoms with E-state index < -0.39 is 0 Å². The van der Waals surface area contributed by atoms with Crippen molar-refractivity contribution in [3.63, 3.8) is 0 Å². The maximum atomic E-state index is 13.4. The molecular formula is C28H24N2O3. The Balaban J connectivity index is 1.61. The van der Waals surface area contributed by atoms with Crippen LogP contribution in [0.5, 0.6) is 11.5 Å². The molecule has 164 valence electrons. The number of carbonyl (C=O) groups is 1. The van der Waals surface area contributed by atoms with Gasteiger partial charge >= 0.3 is 0 Å². The Bertz CT molecular complexity index is 1250. The molecule has 0 spiro atoms. The van der Waals surface area contributed by atoms with Crippen LogP contribution in [0.4, 0.5) is 11.4 Å². The van der Waals surface area contributed by atoms with Gasteiger partial charge in [-0.15, -0.1) is 0 Å². The quantitative estimate of drug-likeness (QED) is 0.331. The molecule has 0 radical (unpaired) electrons. The van der Waals surface area contributed by atoms with E-state index in [9.17, 15) is 15.0 Å². The molecule has 0 aromatic heterocycles. The zero-order valence-corrected chi connectivity index (χ0v) is 18.0. The van der Waals surface area contributed by atoms with E-state index >= 15 is 0 Å². The topological polar surface area (TPSA) is 72.8 Å². The molecule has 0 aliphatic carbocycles. The summed E-state index contributed by atoms with van der Waals surface area (Å²) in [4.78, 5) is 15.0. The van der Waals surface area contributed by atoms with E-state index in [2.05, 4.69) is 11.9 Å².